The third-order valence-electron chi connectivity index (χ3n) is 8.44. The Bertz CT molecular complexity index is 2240. The Kier molecular flexibility index (Phi) is 11.4. The van der Waals surface area contributed by atoms with Crippen LogP contribution in [0.25, 0.3) is 21.6 Å². The van der Waals surface area contributed by atoms with Crippen LogP contribution >= 0.6 is 11.3 Å². The number of hydrogen-bond donors (Lipinski definition) is 3. The van der Waals surface area contributed by atoms with Crippen LogP contribution in [0.15, 0.2) is 78.2 Å². The summed E-state index contributed by atoms with van der Waals surface area (Å²) < 4.78 is 27.2. The maximum atomic E-state index is 14.3. The molecule has 3 heterocycles. The van der Waals surface area contributed by atoms with Crippen molar-refractivity contribution in [2.75, 3.05) is 38.6 Å². The fourth-order valence-corrected chi connectivity index (χ4v) is 6.83. The number of esters is 1. The van der Waals surface area contributed by atoms with E-state index in [4.69, 9.17) is 23.7 Å². The smallest absolute Gasteiger partial charge is 0.407 e. The van der Waals surface area contributed by atoms with Gasteiger partial charge in [-0.05, 0) is 79.7 Å². The lowest BCUT2D eigenvalue weighted by atomic mass is 9.93. The zero-order chi connectivity index (χ0) is 39.3. The molecule has 3 N–H and O–H groups in total. The molecule has 1 aliphatic heterocycles. The quantitative estimate of drug-likeness (QED) is 0.120. The number of alkyl carbamates (subject to hydrolysis) is 1. The number of anilines is 2. The van der Waals surface area contributed by atoms with Crippen LogP contribution in [0.5, 0.6) is 17.2 Å². The summed E-state index contributed by atoms with van der Waals surface area (Å²) in [5, 5.41) is 10.4. The van der Waals surface area contributed by atoms with Gasteiger partial charge in [0.05, 0.1) is 27.9 Å². The van der Waals surface area contributed by atoms with Crippen LogP contribution in [-0.2, 0) is 22.4 Å². The van der Waals surface area contributed by atoms with Crippen molar-refractivity contribution in [1.82, 2.24) is 10.3 Å². The molecule has 13 nitrogen and oxygen atoms in total. The lowest BCUT2D eigenvalue weighted by molar-refractivity contribution is 0.0522. The van der Waals surface area contributed by atoms with Crippen LogP contribution in [-0.4, -0.2) is 62.4 Å². The van der Waals surface area contributed by atoms with Crippen LogP contribution in [0.3, 0.4) is 0 Å². The van der Waals surface area contributed by atoms with Crippen molar-refractivity contribution in [2.45, 2.75) is 39.3 Å². The maximum absolute atomic E-state index is 14.3. The highest BCUT2D eigenvalue weighted by Crippen LogP contribution is 2.43. The summed E-state index contributed by atoms with van der Waals surface area (Å²) in [5.41, 5.74) is 3.44. The average Bonchev–Trinajstić information content (AvgIpc) is 3.57. The molecule has 0 atom stereocenters. The predicted octanol–water partition coefficient (Wildman–Crippen LogP) is 7.75. The fraction of sp³-hybridized carbons (Fsp3) is 0.244. The molecule has 0 radical (unpaired) electrons. The monoisotopic (exact) mass is 764 g/mol. The van der Waals surface area contributed by atoms with E-state index in [1.54, 1.807) is 92.8 Å². The van der Waals surface area contributed by atoms with E-state index in [0.29, 0.717) is 47.2 Å². The number of ether oxygens (including phenoxy) is 5. The molecular formula is C41H40N4O9S. The normalized spacial score (nSPS) is 11.8. The van der Waals surface area contributed by atoms with Crippen LogP contribution < -0.4 is 30.2 Å². The number of benzene rings is 3. The molecule has 0 saturated heterocycles. The topological polar surface area (TPSA) is 163 Å². The Morgan fingerprint density at radius 2 is 1.51 bits per heavy atom. The summed E-state index contributed by atoms with van der Waals surface area (Å²) in [6.45, 7) is 6.00. The number of amides is 3. The molecule has 55 heavy (non-hydrogen) atoms. The Balaban J connectivity index is 1.35. The van der Waals surface area contributed by atoms with E-state index in [9.17, 15) is 19.2 Å². The van der Waals surface area contributed by atoms with Gasteiger partial charge < -0.3 is 39.6 Å². The standard InChI is InChI=1S/C41H40N4O9S/c1-41(2,3)54-40(49)42-22-23-7-9-25(10-8-23)43-37(46)31-20-32-34(53-15-13-24-14-16-55-36(24)32)21-30(31)29-11-12-33(45-35(29)39(48)52-6)38(47)44-26-17-27(50-4)19-28(18-26)51-5/h7-12,14,16-21H,13,15,22H2,1-6H3,(H,42,49)(H,43,46)(H,44,47). The molecular weight excluding hydrogens is 725 g/mol. The lowest BCUT2D eigenvalue weighted by Gasteiger charge is -2.19. The van der Waals surface area contributed by atoms with Gasteiger partial charge in [0.25, 0.3) is 11.8 Å². The van der Waals surface area contributed by atoms with E-state index >= 15 is 0 Å². The van der Waals surface area contributed by atoms with Gasteiger partial charge in [-0.2, -0.15) is 0 Å². The highest BCUT2D eigenvalue weighted by Gasteiger charge is 2.27. The van der Waals surface area contributed by atoms with Gasteiger partial charge in [0.15, 0.2) is 5.69 Å². The van der Waals surface area contributed by atoms with Crippen molar-refractivity contribution in [3.63, 3.8) is 0 Å². The average molecular weight is 765 g/mol. The third-order valence-corrected chi connectivity index (χ3v) is 9.43. The van der Waals surface area contributed by atoms with E-state index in [1.165, 1.54) is 27.4 Å². The first kappa shape index (κ1) is 38.3. The van der Waals surface area contributed by atoms with Crippen LogP contribution in [0, 0.1) is 0 Å². The molecule has 0 unspecified atom stereocenters. The Morgan fingerprint density at radius 1 is 0.800 bits per heavy atom. The van der Waals surface area contributed by atoms with Crippen LogP contribution in [0.1, 0.15) is 63.2 Å². The summed E-state index contributed by atoms with van der Waals surface area (Å²) >= 11 is 1.54. The van der Waals surface area contributed by atoms with Gasteiger partial charge in [-0.25, -0.2) is 14.6 Å². The van der Waals surface area contributed by atoms with Gasteiger partial charge in [-0.15, -0.1) is 11.3 Å². The first-order valence-electron chi connectivity index (χ1n) is 17.2. The third kappa shape index (κ3) is 9.04. The molecule has 0 fully saturated rings. The number of pyridine rings is 1. The molecule has 2 aromatic heterocycles. The SMILES string of the molecule is COC(=O)c1nc(C(=O)Nc2cc(OC)cc(OC)c2)ccc1-c1cc2c(cc1C(=O)Nc1ccc(CNC(=O)OC(C)(C)C)cc1)-c1sccc1CCO2. The van der Waals surface area contributed by atoms with E-state index < -0.39 is 29.5 Å². The molecule has 14 heteroatoms. The number of fused-ring (bicyclic) bond motifs is 3. The van der Waals surface area contributed by atoms with Crippen molar-refractivity contribution in [1.29, 1.82) is 0 Å². The number of thiophene rings is 1. The zero-order valence-corrected chi connectivity index (χ0v) is 32.0. The first-order chi connectivity index (χ1) is 26.3. The Hall–Kier alpha value is -6.41. The van der Waals surface area contributed by atoms with E-state index in [1.807, 2.05) is 11.4 Å². The predicted molar refractivity (Wildman–Crippen MR) is 208 cm³/mol. The first-order valence-corrected chi connectivity index (χ1v) is 18.1. The summed E-state index contributed by atoms with van der Waals surface area (Å²) in [5.74, 6) is -0.435. The van der Waals surface area contributed by atoms with Gasteiger partial charge in [-0.1, -0.05) is 12.1 Å². The van der Waals surface area contributed by atoms with Gasteiger partial charge in [0, 0.05) is 69.7 Å². The van der Waals surface area contributed by atoms with Crippen molar-refractivity contribution < 1.29 is 42.9 Å². The minimum Gasteiger partial charge on any atom is -0.497 e. The Labute approximate surface area is 321 Å². The molecule has 5 aromatic rings. The minimum absolute atomic E-state index is 0.0765. The van der Waals surface area contributed by atoms with Crippen molar-refractivity contribution in [3.8, 4) is 38.8 Å². The summed E-state index contributed by atoms with van der Waals surface area (Å²) in [6, 6.07) is 20.4. The largest absolute Gasteiger partial charge is 0.497 e. The zero-order valence-electron chi connectivity index (χ0n) is 31.2. The molecule has 0 aliphatic carbocycles. The number of aromatic nitrogens is 1. The van der Waals surface area contributed by atoms with E-state index in [2.05, 4.69) is 20.9 Å². The number of nitrogens with zero attached hydrogens (tertiary/aromatic N) is 1. The molecule has 3 amide bonds. The molecule has 0 saturated carbocycles. The summed E-state index contributed by atoms with van der Waals surface area (Å²) in [4.78, 5) is 58.6. The maximum Gasteiger partial charge on any atom is 0.407 e. The van der Waals surface area contributed by atoms with Gasteiger partial charge in [0.2, 0.25) is 0 Å². The van der Waals surface area contributed by atoms with Gasteiger partial charge in [-0.3, -0.25) is 9.59 Å². The number of rotatable bonds is 10. The van der Waals surface area contributed by atoms with Crippen LogP contribution in [0.2, 0.25) is 0 Å². The number of hydrogen-bond acceptors (Lipinski definition) is 11. The lowest BCUT2D eigenvalue weighted by Crippen LogP contribution is -2.32. The second-order valence-electron chi connectivity index (χ2n) is 13.4. The Morgan fingerprint density at radius 3 is 2.18 bits per heavy atom. The molecule has 284 valence electrons. The van der Waals surface area contributed by atoms with E-state index in [-0.39, 0.29) is 29.1 Å². The van der Waals surface area contributed by atoms with Crippen molar-refractivity contribution in [2.24, 2.45) is 0 Å². The molecule has 6 rings (SSSR count). The number of carbonyl (C=O) groups excluding carboxylic acids is 4. The summed E-state index contributed by atoms with van der Waals surface area (Å²) in [7, 11) is 4.20. The van der Waals surface area contributed by atoms with Crippen molar-refractivity contribution >= 4 is 46.6 Å². The second-order valence-corrected chi connectivity index (χ2v) is 14.3. The highest BCUT2D eigenvalue weighted by molar-refractivity contribution is 7.13. The second kappa shape index (κ2) is 16.3. The summed E-state index contributed by atoms with van der Waals surface area (Å²) in [6.07, 6.45) is 0.141. The molecule has 3 aromatic carbocycles. The van der Waals surface area contributed by atoms with Crippen LogP contribution in [0.4, 0.5) is 16.2 Å². The number of nitrogens with one attached hydrogen (secondary N) is 3. The van der Waals surface area contributed by atoms with Gasteiger partial charge >= 0.3 is 12.1 Å². The molecule has 0 spiro atoms. The number of methoxy groups -OCH3 is 3. The molecule has 0 bridgehead atoms. The van der Waals surface area contributed by atoms with Crippen molar-refractivity contribution in [3.05, 3.63) is 106 Å². The van der Waals surface area contributed by atoms with E-state index in [0.717, 1.165) is 21.6 Å². The minimum atomic E-state index is -0.814. The fourth-order valence-electron chi connectivity index (χ4n) is 5.85. The highest BCUT2D eigenvalue weighted by atomic mass is 32.1. The molecule has 1 aliphatic rings. The number of carbonyl (C=O) groups is 4. The van der Waals surface area contributed by atoms with Gasteiger partial charge in [0.1, 0.15) is 28.5 Å².